The van der Waals surface area contributed by atoms with Crippen LogP contribution in [0.4, 0.5) is 11.6 Å². The van der Waals surface area contributed by atoms with E-state index in [1.165, 1.54) is 0 Å². The number of hydrogen-bond donors (Lipinski definition) is 2. The summed E-state index contributed by atoms with van der Waals surface area (Å²) in [4.78, 5) is 12.4. The smallest absolute Gasteiger partial charge is 0.288 e. The van der Waals surface area contributed by atoms with Gasteiger partial charge in [0.25, 0.3) is 5.56 Å². The van der Waals surface area contributed by atoms with Gasteiger partial charge in [-0.1, -0.05) is 28.8 Å². The minimum atomic E-state index is -0.535. The van der Waals surface area contributed by atoms with Gasteiger partial charge in [-0.2, -0.15) is 9.78 Å². The molecular weight excluding hydrogens is 358 g/mol. The standard InChI is InChI=1S/C16H10ClN7O2/c17-9-5-3-8(4-6-9)12-11-13(15(25)20-19-12)18-16-21-22-23-24(16)14(11)10-2-1-7-26-10/h1-7,14H,(H,20,25)(H,18,21,23). The number of hydrogen-bond acceptors (Lipinski definition) is 7. The lowest BCUT2D eigenvalue weighted by Crippen LogP contribution is -2.28. The summed E-state index contributed by atoms with van der Waals surface area (Å²) in [6.45, 7) is 0. The second-order valence-corrected chi connectivity index (χ2v) is 6.12. The van der Waals surface area contributed by atoms with Crippen LogP contribution in [0.1, 0.15) is 17.4 Å². The number of fused-ring (bicyclic) bond motifs is 2. The van der Waals surface area contributed by atoms with Crippen molar-refractivity contribution >= 4 is 23.2 Å². The molecule has 2 N–H and O–H groups in total. The van der Waals surface area contributed by atoms with Crippen molar-refractivity contribution in [2.24, 2.45) is 0 Å². The van der Waals surface area contributed by atoms with Crippen molar-refractivity contribution in [2.75, 3.05) is 5.32 Å². The first kappa shape index (κ1) is 14.8. The molecule has 4 aromatic rings. The van der Waals surface area contributed by atoms with Crippen LogP contribution in [-0.4, -0.2) is 30.4 Å². The van der Waals surface area contributed by atoms with Gasteiger partial charge < -0.3 is 9.73 Å². The van der Waals surface area contributed by atoms with Gasteiger partial charge in [0.1, 0.15) is 17.5 Å². The van der Waals surface area contributed by atoms with Crippen LogP contribution >= 0.6 is 11.6 Å². The van der Waals surface area contributed by atoms with Gasteiger partial charge in [-0.3, -0.25) is 4.79 Å². The minimum absolute atomic E-state index is 0.327. The third-order valence-electron chi connectivity index (χ3n) is 4.20. The van der Waals surface area contributed by atoms with Crippen LogP contribution in [-0.2, 0) is 0 Å². The molecule has 0 saturated carbocycles. The molecule has 9 nitrogen and oxygen atoms in total. The van der Waals surface area contributed by atoms with Gasteiger partial charge >= 0.3 is 0 Å². The first-order valence-electron chi connectivity index (χ1n) is 7.69. The van der Waals surface area contributed by atoms with E-state index >= 15 is 0 Å². The van der Waals surface area contributed by atoms with Crippen molar-refractivity contribution in [3.05, 3.63) is 69.4 Å². The summed E-state index contributed by atoms with van der Waals surface area (Å²) in [5.74, 6) is 0.932. The molecule has 0 radical (unpaired) electrons. The van der Waals surface area contributed by atoms with Crippen molar-refractivity contribution in [3.63, 3.8) is 0 Å². The quantitative estimate of drug-likeness (QED) is 0.492. The Bertz CT molecular complexity index is 1150. The number of nitrogens with one attached hydrogen (secondary N) is 2. The number of tetrazole rings is 1. The van der Waals surface area contributed by atoms with Crippen molar-refractivity contribution in [1.82, 2.24) is 30.4 Å². The van der Waals surface area contributed by atoms with Gasteiger partial charge in [0.05, 0.1) is 12.0 Å². The highest BCUT2D eigenvalue weighted by Gasteiger charge is 2.35. The van der Waals surface area contributed by atoms with Crippen LogP contribution in [0.3, 0.4) is 0 Å². The molecule has 3 aromatic heterocycles. The van der Waals surface area contributed by atoms with Crippen LogP contribution in [0.15, 0.2) is 51.9 Å². The zero-order chi connectivity index (χ0) is 17.7. The van der Waals surface area contributed by atoms with E-state index in [-0.39, 0.29) is 5.56 Å². The topological polar surface area (TPSA) is 115 Å². The number of aromatic nitrogens is 6. The van der Waals surface area contributed by atoms with E-state index < -0.39 is 6.04 Å². The first-order chi connectivity index (χ1) is 12.7. The van der Waals surface area contributed by atoms with Crippen LogP contribution in [0.5, 0.6) is 0 Å². The van der Waals surface area contributed by atoms with Crippen molar-refractivity contribution in [2.45, 2.75) is 6.04 Å². The highest BCUT2D eigenvalue weighted by molar-refractivity contribution is 6.30. The summed E-state index contributed by atoms with van der Waals surface area (Å²) in [5, 5.41) is 22.0. The highest BCUT2D eigenvalue weighted by Crippen LogP contribution is 2.41. The Morgan fingerprint density at radius 3 is 2.81 bits per heavy atom. The van der Waals surface area contributed by atoms with E-state index in [2.05, 4.69) is 31.0 Å². The van der Waals surface area contributed by atoms with E-state index in [0.717, 1.165) is 5.56 Å². The molecule has 1 aliphatic heterocycles. The average Bonchev–Trinajstić information content (AvgIpc) is 3.33. The van der Waals surface area contributed by atoms with Crippen molar-refractivity contribution in [3.8, 4) is 11.3 Å². The summed E-state index contributed by atoms with van der Waals surface area (Å²) in [5.41, 5.74) is 1.94. The monoisotopic (exact) mass is 367 g/mol. The lowest BCUT2D eigenvalue weighted by molar-refractivity contribution is 0.435. The second-order valence-electron chi connectivity index (χ2n) is 5.69. The maximum absolute atomic E-state index is 12.4. The molecule has 0 saturated heterocycles. The molecule has 26 heavy (non-hydrogen) atoms. The van der Waals surface area contributed by atoms with Crippen LogP contribution in [0, 0.1) is 0 Å². The van der Waals surface area contributed by atoms with Gasteiger partial charge in [-0.25, -0.2) is 5.10 Å². The predicted molar refractivity (Wildman–Crippen MR) is 92.4 cm³/mol. The van der Waals surface area contributed by atoms with Crippen LogP contribution in [0.2, 0.25) is 5.02 Å². The average molecular weight is 368 g/mol. The van der Waals surface area contributed by atoms with Gasteiger partial charge in [0, 0.05) is 16.1 Å². The number of furan rings is 1. The minimum Gasteiger partial charge on any atom is -0.467 e. The molecule has 0 bridgehead atoms. The Morgan fingerprint density at radius 2 is 2.04 bits per heavy atom. The lowest BCUT2D eigenvalue weighted by atomic mass is 9.96. The summed E-state index contributed by atoms with van der Waals surface area (Å²) in [7, 11) is 0. The number of halogens is 1. The maximum atomic E-state index is 12.4. The zero-order valence-corrected chi connectivity index (χ0v) is 13.8. The molecule has 1 aromatic carbocycles. The summed E-state index contributed by atoms with van der Waals surface area (Å²) in [6, 6.07) is 10.2. The largest absolute Gasteiger partial charge is 0.467 e. The Balaban J connectivity index is 1.82. The fourth-order valence-electron chi connectivity index (χ4n) is 3.08. The van der Waals surface area contributed by atoms with E-state index in [1.807, 2.05) is 12.1 Å². The summed E-state index contributed by atoms with van der Waals surface area (Å²) >= 11 is 5.99. The molecule has 0 fully saturated rings. The van der Waals surface area contributed by atoms with E-state index in [1.54, 1.807) is 35.2 Å². The Kier molecular flexibility index (Phi) is 3.16. The fourth-order valence-corrected chi connectivity index (χ4v) is 3.20. The van der Waals surface area contributed by atoms with E-state index in [9.17, 15) is 4.79 Å². The van der Waals surface area contributed by atoms with Crippen LogP contribution in [0.25, 0.3) is 11.3 Å². The molecular formula is C16H10ClN7O2. The molecule has 10 heteroatoms. The number of nitrogens with zero attached hydrogens (tertiary/aromatic N) is 5. The Hall–Kier alpha value is -3.46. The number of anilines is 2. The maximum Gasteiger partial charge on any atom is 0.288 e. The van der Waals surface area contributed by atoms with Crippen LogP contribution < -0.4 is 10.9 Å². The molecule has 128 valence electrons. The first-order valence-corrected chi connectivity index (χ1v) is 8.07. The fraction of sp³-hybridized carbons (Fsp3) is 0.0625. The number of benzene rings is 1. The predicted octanol–water partition coefficient (Wildman–Crippen LogP) is 2.36. The molecule has 1 aliphatic rings. The molecule has 0 spiro atoms. The van der Waals surface area contributed by atoms with Gasteiger partial charge in [0.15, 0.2) is 0 Å². The molecule has 5 rings (SSSR count). The van der Waals surface area contributed by atoms with Crippen molar-refractivity contribution in [1.29, 1.82) is 0 Å². The Labute approximate surface area is 150 Å². The van der Waals surface area contributed by atoms with Gasteiger partial charge in [0.2, 0.25) is 5.95 Å². The van der Waals surface area contributed by atoms with Gasteiger partial charge in [-0.05, 0) is 34.7 Å². The number of H-pyrrole nitrogens is 1. The van der Waals surface area contributed by atoms with Gasteiger partial charge in [-0.15, -0.1) is 0 Å². The third-order valence-corrected chi connectivity index (χ3v) is 4.45. The van der Waals surface area contributed by atoms with E-state index in [4.69, 9.17) is 16.0 Å². The molecule has 0 amide bonds. The normalized spacial score (nSPS) is 15.2. The number of aromatic amines is 1. The number of rotatable bonds is 2. The summed E-state index contributed by atoms with van der Waals surface area (Å²) < 4.78 is 7.16. The molecule has 0 aliphatic carbocycles. The van der Waals surface area contributed by atoms with Crippen molar-refractivity contribution < 1.29 is 4.42 Å². The molecule has 1 atom stereocenters. The van der Waals surface area contributed by atoms with E-state index in [0.29, 0.717) is 33.7 Å². The lowest BCUT2D eigenvalue weighted by Gasteiger charge is -2.26. The molecule has 4 heterocycles. The molecule has 1 unspecified atom stereocenters. The summed E-state index contributed by atoms with van der Waals surface area (Å²) in [6.07, 6.45) is 1.56. The third kappa shape index (κ3) is 2.14. The SMILES string of the molecule is O=c1[nH]nc(-c2ccc(Cl)cc2)c2c1Nc1nnnn1C2c1ccco1. The second kappa shape index (κ2) is 5.53. The Morgan fingerprint density at radius 1 is 1.19 bits per heavy atom. The zero-order valence-electron chi connectivity index (χ0n) is 13.0. The highest BCUT2D eigenvalue weighted by atomic mass is 35.5.